The van der Waals surface area contributed by atoms with E-state index in [1.165, 1.54) is 11.1 Å². The fourth-order valence-electron chi connectivity index (χ4n) is 1.52. The van der Waals surface area contributed by atoms with Gasteiger partial charge in [0.2, 0.25) is 0 Å². The highest BCUT2D eigenvalue weighted by Gasteiger charge is 2.14. The Labute approximate surface area is 75.2 Å². The number of nitrogens with zero attached hydrogens (tertiary/aromatic N) is 2. The first-order chi connectivity index (χ1) is 5.63. The molecule has 1 rings (SSSR count). The summed E-state index contributed by atoms with van der Waals surface area (Å²) >= 11 is 0. The van der Waals surface area contributed by atoms with Crippen molar-refractivity contribution in [2.24, 2.45) is 0 Å². The van der Waals surface area contributed by atoms with Crippen molar-refractivity contribution in [3.05, 3.63) is 23.4 Å². The Morgan fingerprint density at radius 3 is 2.75 bits per heavy atom. The third-order valence-corrected chi connectivity index (χ3v) is 2.04. The van der Waals surface area contributed by atoms with E-state index in [0.29, 0.717) is 0 Å². The van der Waals surface area contributed by atoms with Crippen LogP contribution in [0.15, 0.2) is 23.4 Å². The van der Waals surface area contributed by atoms with Crippen LogP contribution in [0.4, 0.5) is 0 Å². The van der Waals surface area contributed by atoms with Crippen molar-refractivity contribution < 1.29 is 0 Å². The lowest BCUT2D eigenvalue weighted by Gasteiger charge is -2.10. The molecule has 12 heavy (non-hydrogen) atoms. The Kier molecular flexibility index (Phi) is 2.93. The average molecular weight is 166 g/mol. The smallest absolute Gasteiger partial charge is 0.0421 e. The summed E-state index contributed by atoms with van der Waals surface area (Å²) in [6, 6.07) is 0. The van der Waals surface area contributed by atoms with Crippen LogP contribution in [0.3, 0.4) is 0 Å². The zero-order valence-electron chi connectivity index (χ0n) is 8.46. The molecule has 0 aromatic heterocycles. The molecule has 0 saturated carbocycles. The van der Waals surface area contributed by atoms with Gasteiger partial charge >= 0.3 is 0 Å². The molecule has 2 nitrogen and oxygen atoms in total. The van der Waals surface area contributed by atoms with E-state index >= 15 is 0 Å². The first kappa shape index (κ1) is 9.33. The maximum absolute atomic E-state index is 2.23. The van der Waals surface area contributed by atoms with E-state index in [1.54, 1.807) is 0 Å². The predicted molar refractivity (Wildman–Crippen MR) is 53.0 cm³/mol. The van der Waals surface area contributed by atoms with Gasteiger partial charge in [-0.1, -0.05) is 6.08 Å². The van der Waals surface area contributed by atoms with Crippen molar-refractivity contribution >= 4 is 0 Å². The van der Waals surface area contributed by atoms with E-state index in [4.69, 9.17) is 0 Å². The van der Waals surface area contributed by atoms with E-state index in [9.17, 15) is 0 Å². The van der Waals surface area contributed by atoms with Crippen molar-refractivity contribution in [1.82, 2.24) is 9.80 Å². The molecule has 0 bridgehead atoms. The van der Waals surface area contributed by atoms with Crippen LogP contribution >= 0.6 is 0 Å². The summed E-state index contributed by atoms with van der Waals surface area (Å²) in [6.07, 6.45) is 4.44. The molecule has 0 unspecified atom stereocenters. The maximum atomic E-state index is 2.23. The molecule has 1 aliphatic rings. The largest absolute Gasteiger partial charge is 0.376 e. The van der Waals surface area contributed by atoms with Gasteiger partial charge in [0.15, 0.2) is 0 Å². The molecule has 0 aromatic rings. The van der Waals surface area contributed by atoms with Gasteiger partial charge in [-0.3, -0.25) is 0 Å². The second-order valence-electron chi connectivity index (χ2n) is 3.62. The van der Waals surface area contributed by atoms with Crippen molar-refractivity contribution in [3.63, 3.8) is 0 Å². The standard InChI is InChI=1S/C10H18N2/c1-5-9-7-12(4)8-10(9)6-11(2)3/h5,8H,6-7H2,1-4H3/b9-5+. The molecule has 0 atom stereocenters. The van der Waals surface area contributed by atoms with Crippen LogP contribution in [-0.4, -0.2) is 44.0 Å². The Morgan fingerprint density at radius 1 is 1.58 bits per heavy atom. The summed E-state index contributed by atoms with van der Waals surface area (Å²) in [5.74, 6) is 0. The van der Waals surface area contributed by atoms with Gasteiger partial charge in [0.25, 0.3) is 0 Å². The molecule has 68 valence electrons. The monoisotopic (exact) mass is 166 g/mol. The summed E-state index contributed by atoms with van der Waals surface area (Å²) in [5.41, 5.74) is 2.91. The minimum atomic E-state index is 1.05. The Balaban J connectivity index is 2.67. The van der Waals surface area contributed by atoms with E-state index in [1.807, 2.05) is 0 Å². The molecule has 0 radical (unpaired) electrons. The number of rotatable bonds is 2. The molecular formula is C10H18N2. The average Bonchev–Trinajstić information content (AvgIpc) is 2.29. The molecular weight excluding hydrogens is 148 g/mol. The van der Waals surface area contributed by atoms with Gasteiger partial charge < -0.3 is 9.80 Å². The van der Waals surface area contributed by atoms with Crippen LogP contribution in [0, 0.1) is 0 Å². The van der Waals surface area contributed by atoms with Gasteiger partial charge in [-0.05, 0) is 32.2 Å². The predicted octanol–water partition coefficient (Wildman–Crippen LogP) is 1.32. The Hall–Kier alpha value is -0.760. The highest BCUT2D eigenvalue weighted by atomic mass is 15.1. The molecule has 0 aliphatic carbocycles. The third kappa shape index (κ3) is 2.11. The summed E-state index contributed by atoms with van der Waals surface area (Å²) < 4.78 is 0. The van der Waals surface area contributed by atoms with Crippen LogP contribution in [0.25, 0.3) is 0 Å². The van der Waals surface area contributed by atoms with E-state index in [2.05, 4.69) is 50.1 Å². The van der Waals surface area contributed by atoms with Crippen molar-refractivity contribution in [1.29, 1.82) is 0 Å². The summed E-state index contributed by atoms with van der Waals surface area (Å²) in [6.45, 7) is 4.22. The van der Waals surface area contributed by atoms with Gasteiger partial charge in [0.1, 0.15) is 0 Å². The van der Waals surface area contributed by atoms with Crippen LogP contribution in [-0.2, 0) is 0 Å². The second kappa shape index (κ2) is 3.76. The van der Waals surface area contributed by atoms with E-state index < -0.39 is 0 Å². The first-order valence-electron chi connectivity index (χ1n) is 4.34. The van der Waals surface area contributed by atoms with E-state index in [-0.39, 0.29) is 0 Å². The van der Waals surface area contributed by atoms with Gasteiger partial charge in [0.05, 0.1) is 0 Å². The highest BCUT2D eigenvalue weighted by Crippen LogP contribution is 2.19. The highest BCUT2D eigenvalue weighted by molar-refractivity contribution is 5.37. The SMILES string of the molecule is C/C=C1\CN(C)C=C1CN(C)C. The van der Waals surface area contributed by atoms with Gasteiger partial charge in [0, 0.05) is 26.3 Å². The Morgan fingerprint density at radius 2 is 2.25 bits per heavy atom. The lowest BCUT2D eigenvalue weighted by atomic mass is 10.1. The molecule has 0 spiro atoms. The van der Waals surface area contributed by atoms with Crippen LogP contribution in [0.5, 0.6) is 0 Å². The lowest BCUT2D eigenvalue weighted by molar-refractivity contribution is 0.447. The van der Waals surface area contributed by atoms with Crippen molar-refractivity contribution in [2.45, 2.75) is 6.92 Å². The fraction of sp³-hybridized carbons (Fsp3) is 0.600. The normalized spacial score (nSPS) is 20.9. The number of allylic oxidation sites excluding steroid dienone is 1. The molecule has 1 aliphatic heterocycles. The van der Waals surface area contributed by atoms with Crippen LogP contribution in [0.2, 0.25) is 0 Å². The molecule has 1 heterocycles. The summed E-state index contributed by atoms with van der Waals surface area (Å²) in [4.78, 5) is 4.43. The fourth-order valence-corrected chi connectivity index (χ4v) is 1.52. The Bertz CT molecular complexity index is 214. The number of hydrogen-bond acceptors (Lipinski definition) is 2. The van der Waals surface area contributed by atoms with Crippen molar-refractivity contribution in [3.8, 4) is 0 Å². The molecule has 2 heteroatoms. The molecule has 0 saturated heterocycles. The summed E-state index contributed by atoms with van der Waals surface area (Å²) in [7, 11) is 6.32. The quantitative estimate of drug-likeness (QED) is 0.610. The van der Waals surface area contributed by atoms with Crippen LogP contribution < -0.4 is 0 Å². The zero-order valence-corrected chi connectivity index (χ0v) is 8.46. The first-order valence-corrected chi connectivity index (χ1v) is 4.34. The summed E-state index contributed by atoms with van der Waals surface area (Å²) in [5, 5.41) is 0. The van der Waals surface area contributed by atoms with Gasteiger partial charge in [-0.25, -0.2) is 0 Å². The van der Waals surface area contributed by atoms with Crippen LogP contribution in [0.1, 0.15) is 6.92 Å². The minimum Gasteiger partial charge on any atom is -0.376 e. The second-order valence-corrected chi connectivity index (χ2v) is 3.62. The molecule has 0 amide bonds. The van der Waals surface area contributed by atoms with E-state index in [0.717, 1.165) is 13.1 Å². The minimum absolute atomic E-state index is 1.05. The van der Waals surface area contributed by atoms with Gasteiger partial charge in [-0.2, -0.15) is 0 Å². The number of hydrogen-bond donors (Lipinski definition) is 0. The zero-order chi connectivity index (χ0) is 9.14. The van der Waals surface area contributed by atoms with Crippen molar-refractivity contribution in [2.75, 3.05) is 34.2 Å². The third-order valence-electron chi connectivity index (χ3n) is 2.04. The molecule has 0 aromatic carbocycles. The van der Waals surface area contributed by atoms with Gasteiger partial charge in [-0.15, -0.1) is 0 Å². The lowest BCUT2D eigenvalue weighted by Crippen LogP contribution is -2.15. The molecule has 0 fully saturated rings. The molecule has 0 N–H and O–H groups in total. The topological polar surface area (TPSA) is 6.48 Å². The number of likely N-dealkylation sites (N-methyl/N-ethyl adjacent to an activating group) is 2. The maximum Gasteiger partial charge on any atom is 0.0421 e.